The number of methoxy groups -OCH3 is 1. The van der Waals surface area contributed by atoms with Crippen LogP contribution < -0.4 is 14.9 Å². The van der Waals surface area contributed by atoms with Crippen LogP contribution in [0.5, 0.6) is 5.75 Å². The van der Waals surface area contributed by atoms with Crippen LogP contribution in [0.2, 0.25) is 0 Å². The number of rotatable bonds is 4. The fourth-order valence-corrected chi connectivity index (χ4v) is 2.43. The summed E-state index contributed by atoms with van der Waals surface area (Å²) in [7, 11) is 1.41. The monoisotopic (exact) mass is 315 g/mol. The zero-order valence-electron chi connectivity index (χ0n) is 10.4. The standard InChI is InChI=1S/C12H11ClFN3O2S/c1-19-9-3-2-7(14)6-8(9)10(15)11(18)17(13)12-16-4-5-20-12/h2-6,10H,15H2,1H3. The Morgan fingerprint density at radius 3 is 2.95 bits per heavy atom. The molecule has 0 saturated carbocycles. The van der Waals surface area contributed by atoms with Crippen molar-refractivity contribution in [2.24, 2.45) is 5.73 Å². The molecule has 1 heterocycles. The van der Waals surface area contributed by atoms with Crippen molar-refractivity contribution in [3.63, 3.8) is 0 Å². The molecule has 1 aromatic heterocycles. The lowest BCUT2D eigenvalue weighted by Gasteiger charge is -2.18. The fourth-order valence-electron chi connectivity index (χ4n) is 1.61. The molecule has 0 bridgehead atoms. The second-order valence-electron chi connectivity index (χ2n) is 3.80. The molecular weight excluding hydrogens is 305 g/mol. The van der Waals surface area contributed by atoms with Crippen LogP contribution in [0.1, 0.15) is 11.6 Å². The van der Waals surface area contributed by atoms with Crippen molar-refractivity contribution in [2.45, 2.75) is 6.04 Å². The van der Waals surface area contributed by atoms with Gasteiger partial charge in [0.1, 0.15) is 17.6 Å². The first kappa shape index (κ1) is 14.7. The third-order valence-corrected chi connectivity index (χ3v) is 3.76. The normalized spacial score (nSPS) is 12.0. The number of nitrogens with two attached hydrogens (primary N) is 1. The summed E-state index contributed by atoms with van der Waals surface area (Å²) in [6.45, 7) is 0. The lowest BCUT2D eigenvalue weighted by molar-refractivity contribution is -0.118. The van der Waals surface area contributed by atoms with E-state index >= 15 is 0 Å². The van der Waals surface area contributed by atoms with E-state index in [0.717, 1.165) is 10.5 Å². The highest BCUT2D eigenvalue weighted by Crippen LogP contribution is 2.29. The molecule has 0 fully saturated rings. The molecule has 0 aliphatic rings. The van der Waals surface area contributed by atoms with Crippen molar-refractivity contribution in [2.75, 3.05) is 11.5 Å². The summed E-state index contributed by atoms with van der Waals surface area (Å²) < 4.78 is 19.2. The van der Waals surface area contributed by atoms with Gasteiger partial charge in [-0.2, -0.15) is 4.42 Å². The van der Waals surface area contributed by atoms with Crippen molar-refractivity contribution < 1.29 is 13.9 Å². The van der Waals surface area contributed by atoms with E-state index in [2.05, 4.69) is 4.98 Å². The Labute approximate surface area is 123 Å². The van der Waals surface area contributed by atoms with Gasteiger partial charge >= 0.3 is 0 Å². The van der Waals surface area contributed by atoms with Crippen LogP contribution in [0.25, 0.3) is 0 Å². The maximum Gasteiger partial charge on any atom is 0.265 e. The van der Waals surface area contributed by atoms with Gasteiger partial charge < -0.3 is 10.5 Å². The number of hydrogen-bond acceptors (Lipinski definition) is 5. The highest BCUT2D eigenvalue weighted by molar-refractivity contribution is 7.14. The molecule has 0 aliphatic carbocycles. The van der Waals surface area contributed by atoms with Crippen molar-refractivity contribution in [3.8, 4) is 5.75 Å². The van der Waals surface area contributed by atoms with E-state index in [4.69, 9.17) is 22.2 Å². The van der Waals surface area contributed by atoms with Crippen LogP contribution in [-0.4, -0.2) is 18.0 Å². The van der Waals surface area contributed by atoms with Gasteiger partial charge in [-0.25, -0.2) is 9.37 Å². The van der Waals surface area contributed by atoms with Gasteiger partial charge in [0.2, 0.25) is 5.13 Å². The van der Waals surface area contributed by atoms with Gasteiger partial charge in [-0.1, -0.05) is 0 Å². The quantitative estimate of drug-likeness (QED) is 0.880. The molecule has 1 unspecified atom stereocenters. The topological polar surface area (TPSA) is 68.5 Å². The molecular formula is C12H11ClFN3O2S. The zero-order chi connectivity index (χ0) is 14.7. The first-order valence-corrected chi connectivity index (χ1v) is 6.74. The fraction of sp³-hybridized carbons (Fsp3) is 0.167. The van der Waals surface area contributed by atoms with Crippen molar-refractivity contribution in [1.29, 1.82) is 0 Å². The van der Waals surface area contributed by atoms with Crippen LogP contribution in [0, 0.1) is 5.82 Å². The van der Waals surface area contributed by atoms with E-state index in [-0.39, 0.29) is 5.56 Å². The highest BCUT2D eigenvalue weighted by atomic mass is 35.5. The number of thiazole rings is 1. The molecule has 0 aliphatic heterocycles. The number of carbonyl (C=O) groups is 1. The average Bonchev–Trinajstić information content (AvgIpc) is 2.99. The van der Waals surface area contributed by atoms with Gasteiger partial charge in [0, 0.05) is 28.9 Å². The van der Waals surface area contributed by atoms with Crippen molar-refractivity contribution in [1.82, 2.24) is 4.98 Å². The number of amides is 1. The van der Waals surface area contributed by atoms with Crippen LogP contribution in [0.3, 0.4) is 0 Å². The number of benzene rings is 1. The number of nitrogens with zero attached hydrogens (tertiary/aromatic N) is 2. The Kier molecular flexibility index (Phi) is 4.53. The Balaban J connectivity index is 2.29. The predicted molar refractivity (Wildman–Crippen MR) is 75.3 cm³/mol. The van der Waals surface area contributed by atoms with Gasteiger partial charge in [-0.3, -0.25) is 4.79 Å². The van der Waals surface area contributed by atoms with Crippen LogP contribution in [-0.2, 0) is 4.79 Å². The summed E-state index contributed by atoms with van der Waals surface area (Å²) in [6, 6.07) is 2.62. The summed E-state index contributed by atoms with van der Waals surface area (Å²) >= 11 is 7.08. The summed E-state index contributed by atoms with van der Waals surface area (Å²) in [4.78, 5) is 16.1. The second kappa shape index (κ2) is 6.17. The lowest BCUT2D eigenvalue weighted by atomic mass is 10.1. The van der Waals surface area contributed by atoms with E-state index in [1.807, 2.05) is 0 Å². The van der Waals surface area contributed by atoms with E-state index in [1.54, 1.807) is 5.38 Å². The Morgan fingerprint density at radius 1 is 1.60 bits per heavy atom. The van der Waals surface area contributed by atoms with E-state index in [9.17, 15) is 9.18 Å². The third kappa shape index (κ3) is 2.90. The van der Waals surface area contributed by atoms with Crippen LogP contribution >= 0.6 is 23.1 Å². The van der Waals surface area contributed by atoms with Crippen molar-refractivity contribution in [3.05, 3.63) is 41.2 Å². The first-order chi connectivity index (χ1) is 9.54. The van der Waals surface area contributed by atoms with Gasteiger partial charge in [-0.15, -0.1) is 11.3 Å². The number of ether oxygens (including phenoxy) is 1. The molecule has 1 aromatic carbocycles. The second-order valence-corrected chi connectivity index (χ2v) is 5.01. The van der Waals surface area contributed by atoms with E-state index < -0.39 is 17.8 Å². The Morgan fingerprint density at radius 2 is 2.35 bits per heavy atom. The minimum atomic E-state index is -1.15. The number of anilines is 1. The third-order valence-electron chi connectivity index (χ3n) is 2.57. The lowest BCUT2D eigenvalue weighted by Crippen LogP contribution is -2.32. The van der Waals surface area contributed by atoms with Crippen LogP contribution in [0.15, 0.2) is 29.8 Å². The number of hydrogen-bond donors (Lipinski definition) is 1. The molecule has 2 N–H and O–H groups in total. The van der Waals surface area contributed by atoms with Crippen LogP contribution in [0.4, 0.5) is 9.52 Å². The molecule has 8 heteroatoms. The van der Waals surface area contributed by atoms with Crippen molar-refractivity contribution >= 4 is 34.2 Å². The molecule has 20 heavy (non-hydrogen) atoms. The molecule has 0 saturated heterocycles. The molecule has 2 rings (SSSR count). The Bertz CT molecular complexity index is 609. The predicted octanol–water partition coefficient (Wildman–Crippen LogP) is 2.48. The smallest absolute Gasteiger partial charge is 0.265 e. The van der Waals surface area contributed by atoms with E-state index in [0.29, 0.717) is 10.9 Å². The molecule has 1 amide bonds. The van der Waals surface area contributed by atoms with Gasteiger partial charge in [0.15, 0.2) is 0 Å². The minimum Gasteiger partial charge on any atom is -0.496 e. The van der Waals surface area contributed by atoms with Gasteiger partial charge in [0.05, 0.1) is 7.11 Å². The molecule has 0 spiro atoms. The molecule has 0 radical (unpaired) electrons. The molecule has 1 atom stereocenters. The number of halogens is 2. The summed E-state index contributed by atoms with van der Waals surface area (Å²) in [5.74, 6) is -0.818. The van der Waals surface area contributed by atoms with Gasteiger partial charge in [0.25, 0.3) is 5.91 Å². The number of aromatic nitrogens is 1. The van der Waals surface area contributed by atoms with E-state index in [1.165, 1.54) is 36.8 Å². The minimum absolute atomic E-state index is 0.222. The highest BCUT2D eigenvalue weighted by Gasteiger charge is 2.27. The Hall–Kier alpha value is -1.70. The average molecular weight is 316 g/mol. The maximum absolute atomic E-state index is 13.3. The molecule has 2 aromatic rings. The first-order valence-electron chi connectivity index (χ1n) is 5.53. The molecule has 5 nitrogen and oxygen atoms in total. The summed E-state index contributed by atoms with van der Waals surface area (Å²) in [5.41, 5.74) is 6.07. The maximum atomic E-state index is 13.3. The molecule has 106 valence electrons. The summed E-state index contributed by atoms with van der Waals surface area (Å²) in [5, 5.41) is 1.97. The SMILES string of the molecule is COc1ccc(F)cc1C(N)C(=O)N(Cl)c1nccs1. The zero-order valence-corrected chi connectivity index (χ0v) is 12.0. The van der Waals surface area contributed by atoms with Gasteiger partial charge in [-0.05, 0) is 18.2 Å². The largest absolute Gasteiger partial charge is 0.496 e. The number of carbonyl (C=O) groups excluding carboxylic acids is 1. The summed E-state index contributed by atoms with van der Waals surface area (Å²) in [6.07, 6.45) is 1.51.